The molecule has 0 bridgehead atoms. The molecule has 1 aromatic heterocycles. The summed E-state index contributed by atoms with van der Waals surface area (Å²) in [5.74, 6) is -1.13. The fraction of sp³-hybridized carbons (Fsp3) is 0. The monoisotopic (exact) mass is 114 g/mol. The van der Waals surface area contributed by atoms with E-state index in [1.165, 1.54) is 0 Å². The zero-order valence-electron chi connectivity index (χ0n) is 3.74. The van der Waals surface area contributed by atoms with Crippen molar-refractivity contribution in [1.29, 1.82) is 0 Å². The maximum atomic E-state index is 9.90. The molecule has 0 saturated heterocycles. The Bertz CT molecular complexity index is 180. The normalized spacial score (nSPS) is 9.00. The van der Waals surface area contributed by atoms with E-state index in [2.05, 4.69) is 14.9 Å². The second-order valence-corrected chi connectivity index (χ2v) is 1.10. The fourth-order valence-corrected chi connectivity index (χ4v) is 0.258. The fourth-order valence-electron chi connectivity index (χ4n) is 0.258. The van der Waals surface area contributed by atoms with Gasteiger partial charge in [0.15, 0.2) is 6.26 Å². The van der Waals surface area contributed by atoms with Crippen LogP contribution in [-0.4, -0.2) is 21.4 Å². The van der Waals surface area contributed by atoms with Gasteiger partial charge in [0.1, 0.15) is 0 Å². The van der Waals surface area contributed by atoms with E-state index in [9.17, 15) is 4.79 Å². The highest BCUT2D eigenvalue weighted by Crippen LogP contribution is 1.87. The number of hydrogen-bond acceptors (Lipinski definition) is 4. The Morgan fingerprint density at radius 1 is 1.88 bits per heavy atom. The van der Waals surface area contributed by atoms with Gasteiger partial charge in [-0.25, -0.2) is 4.79 Å². The summed E-state index contributed by atoms with van der Waals surface area (Å²) in [5, 5.41) is 14.1. The minimum Gasteiger partial charge on any atom is -0.476 e. The lowest BCUT2D eigenvalue weighted by atomic mass is 10.5. The van der Waals surface area contributed by atoms with Crippen LogP contribution in [0.4, 0.5) is 0 Å². The first-order chi connectivity index (χ1) is 3.80. The molecule has 0 aliphatic carbocycles. The highest BCUT2D eigenvalue weighted by molar-refractivity contribution is 5.84. The van der Waals surface area contributed by atoms with Gasteiger partial charge in [-0.3, -0.25) is 0 Å². The molecule has 0 fully saturated rings. The van der Waals surface area contributed by atoms with Crippen LogP contribution in [0, 0.1) is 0 Å². The average Bonchev–Trinajstić information content (AvgIpc) is 2.12. The maximum Gasteiger partial charge on any atom is 0.359 e. The molecular weight excluding hydrogens is 112 g/mol. The van der Waals surface area contributed by atoms with Gasteiger partial charge in [-0.05, 0) is 0 Å². The summed E-state index contributed by atoms with van der Waals surface area (Å²) < 4.78 is 4.13. The molecule has 0 aliphatic rings. The van der Waals surface area contributed by atoms with E-state index in [0.29, 0.717) is 0 Å². The molecule has 0 aromatic carbocycles. The van der Waals surface area contributed by atoms with Crippen LogP contribution in [0.25, 0.3) is 0 Å². The van der Waals surface area contributed by atoms with Gasteiger partial charge >= 0.3 is 5.97 Å². The largest absolute Gasteiger partial charge is 0.476 e. The Hall–Kier alpha value is -1.39. The van der Waals surface area contributed by atoms with Gasteiger partial charge in [-0.1, -0.05) is 0 Å². The zero-order valence-corrected chi connectivity index (χ0v) is 3.74. The summed E-state index contributed by atoms with van der Waals surface area (Å²) in [4.78, 5) is 9.90. The molecule has 0 unspecified atom stereocenters. The van der Waals surface area contributed by atoms with Crippen LogP contribution in [0.2, 0.25) is 0 Å². The van der Waals surface area contributed by atoms with Crippen molar-refractivity contribution in [3.63, 3.8) is 0 Å². The van der Waals surface area contributed by atoms with E-state index in [1.54, 1.807) is 0 Å². The van der Waals surface area contributed by atoms with Crippen LogP contribution in [0.3, 0.4) is 0 Å². The molecule has 5 nitrogen and oxygen atoms in total. The van der Waals surface area contributed by atoms with Crippen molar-refractivity contribution in [1.82, 2.24) is 10.4 Å². The molecule has 1 heterocycles. The number of aromatic carboxylic acids is 1. The highest BCUT2D eigenvalue weighted by Gasteiger charge is 2.04. The quantitative estimate of drug-likeness (QED) is 0.545. The van der Waals surface area contributed by atoms with Crippen molar-refractivity contribution < 1.29 is 14.4 Å². The van der Waals surface area contributed by atoms with Crippen molar-refractivity contribution in [2.24, 2.45) is 0 Å². The molecule has 8 heavy (non-hydrogen) atoms. The lowest BCUT2D eigenvalue weighted by Gasteiger charge is -1.73. The number of nitrogens with zero attached hydrogens (tertiary/aromatic N) is 2. The van der Waals surface area contributed by atoms with Crippen molar-refractivity contribution in [2.75, 3.05) is 0 Å². The first kappa shape index (κ1) is 4.76. The first-order valence-corrected chi connectivity index (χ1v) is 1.81. The van der Waals surface area contributed by atoms with Gasteiger partial charge < -0.3 is 9.63 Å². The lowest BCUT2D eigenvalue weighted by Crippen LogP contribution is -1.95. The first-order valence-electron chi connectivity index (χ1n) is 1.81. The molecule has 0 aliphatic heterocycles. The minimum absolute atomic E-state index is 0.176. The molecule has 0 atom stereocenters. The third kappa shape index (κ3) is 0.651. The number of carboxylic acids is 1. The minimum atomic E-state index is -1.13. The molecule has 0 saturated carbocycles. The Morgan fingerprint density at radius 3 is 2.88 bits per heavy atom. The summed E-state index contributed by atoms with van der Waals surface area (Å²) in [6.07, 6.45) is 0.961. The van der Waals surface area contributed by atoms with E-state index in [4.69, 9.17) is 5.11 Å². The Morgan fingerprint density at radius 2 is 2.62 bits per heavy atom. The second-order valence-electron chi connectivity index (χ2n) is 1.10. The summed E-state index contributed by atoms with van der Waals surface area (Å²) in [7, 11) is 0. The van der Waals surface area contributed by atoms with Crippen molar-refractivity contribution in [3.05, 3.63) is 12.0 Å². The molecule has 5 heteroatoms. The molecule has 0 amide bonds. The molecule has 0 spiro atoms. The summed E-state index contributed by atoms with van der Waals surface area (Å²) in [5.41, 5.74) is -0.176. The van der Waals surface area contributed by atoms with Crippen molar-refractivity contribution in [2.45, 2.75) is 0 Å². The standard InChI is InChI=1S/C3H2N2O3/c6-3(7)2-1-8-5-4-2/h1H,(H,6,7). The van der Waals surface area contributed by atoms with Gasteiger partial charge in [-0.15, -0.1) is 5.10 Å². The van der Waals surface area contributed by atoms with E-state index < -0.39 is 5.97 Å². The van der Waals surface area contributed by atoms with E-state index in [-0.39, 0.29) is 5.69 Å². The molecular formula is C3H2N2O3. The number of carboxylic acid groups (broad SMARTS) is 1. The van der Waals surface area contributed by atoms with Gasteiger partial charge in [0.05, 0.1) is 0 Å². The van der Waals surface area contributed by atoms with Crippen LogP contribution < -0.4 is 0 Å². The average molecular weight is 114 g/mol. The van der Waals surface area contributed by atoms with Gasteiger partial charge in [0, 0.05) is 5.27 Å². The molecule has 1 N–H and O–H groups in total. The van der Waals surface area contributed by atoms with Crippen LogP contribution in [0.1, 0.15) is 10.5 Å². The van der Waals surface area contributed by atoms with Crippen LogP contribution in [-0.2, 0) is 0 Å². The van der Waals surface area contributed by atoms with Crippen LogP contribution in [0.15, 0.2) is 10.8 Å². The predicted octanol–water partition coefficient (Wildman–Crippen LogP) is -0.232. The third-order valence-corrected chi connectivity index (χ3v) is 0.579. The SMILES string of the molecule is O=C(O)c1conn1. The van der Waals surface area contributed by atoms with E-state index in [0.717, 1.165) is 6.26 Å². The van der Waals surface area contributed by atoms with Gasteiger partial charge in [-0.2, -0.15) is 0 Å². The molecule has 1 rings (SSSR count). The molecule has 0 radical (unpaired) electrons. The number of rotatable bonds is 1. The third-order valence-electron chi connectivity index (χ3n) is 0.579. The Labute approximate surface area is 43.9 Å². The number of aromatic nitrogens is 2. The van der Waals surface area contributed by atoms with Crippen LogP contribution in [0.5, 0.6) is 0 Å². The summed E-state index contributed by atoms with van der Waals surface area (Å²) in [6, 6.07) is 0. The van der Waals surface area contributed by atoms with Crippen molar-refractivity contribution in [3.8, 4) is 0 Å². The van der Waals surface area contributed by atoms with E-state index >= 15 is 0 Å². The van der Waals surface area contributed by atoms with Gasteiger partial charge in [0.2, 0.25) is 5.69 Å². The topological polar surface area (TPSA) is 76.2 Å². The summed E-state index contributed by atoms with van der Waals surface area (Å²) in [6.45, 7) is 0. The maximum absolute atomic E-state index is 9.90. The van der Waals surface area contributed by atoms with Crippen molar-refractivity contribution >= 4 is 5.97 Å². The Kier molecular flexibility index (Phi) is 0.957. The smallest absolute Gasteiger partial charge is 0.359 e. The molecule has 42 valence electrons. The second kappa shape index (κ2) is 1.61. The number of carbonyl (C=O) groups is 1. The summed E-state index contributed by atoms with van der Waals surface area (Å²) >= 11 is 0. The lowest BCUT2D eigenvalue weighted by molar-refractivity contribution is 0.0690. The van der Waals surface area contributed by atoms with E-state index in [1.807, 2.05) is 0 Å². The molecule has 1 aromatic rings. The zero-order chi connectivity index (χ0) is 5.98. The Balaban J connectivity index is 2.93. The highest BCUT2D eigenvalue weighted by atomic mass is 16.5. The van der Waals surface area contributed by atoms with Crippen LogP contribution >= 0.6 is 0 Å². The predicted molar refractivity (Wildman–Crippen MR) is 21.3 cm³/mol. The van der Waals surface area contributed by atoms with Gasteiger partial charge in [0.25, 0.3) is 0 Å². The number of hydrogen-bond donors (Lipinski definition) is 1.